The fourth-order valence-corrected chi connectivity index (χ4v) is 4.68. The molecule has 4 aromatic rings. The quantitative estimate of drug-likeness (QED) is 0.172. The summed E-state index contributed by atoms with van der Waals surface area (Å²) in [4.78, 5) is 34.9. The van der Waals surface area contributed by atoms with Gasteiger partial charge in [-0.3, -0.25) is 14.8 Å². The van der Waals surface area contributed by atoms with E-state index in [0.29, 0.717) is 34.5 Å². The summed E-state index contributed by atoms with van der Waals surface area (Å²) in [5, 5.41) is 2.26. The van der Waals surface area contributed by atoms with Gasteiger partial charge in [0.1, 0.15) is 11.4 Å². The van der Waals surface area contributed by atoms with Gasteiger partial charge >= 0.3 is 6.09 Å². The van der Waals surface area contributed by atoms with Gasteiger partial charge in [-0.25, -0.2) is 0 Å². The molecular weight excluding hydrogens is 494 g/mol. The Kier molecular flexibility index (Phi) is 7.81. The molecule has 39 heavy (non-hydrogen) atoms. The fourth-order valence-electron chi connectivity index (χ4n) is 4.68. The minimum Gasteiger partial charge on any atom is -0.486 e. The Bertz CT molecular complexity index is 1600. The molecule has 204 valence electrons. The van der Waals surface area contributed by atoms with Crippen molar-refractivity contribution >= 4 is 27.8 Å². The topological polar surface area (TPSA) is 110 Å². The van der Waals surface area contributed by atoms with Gasteiger partial charge < -0.3 is 14.0 Å². The molecule has 0 aliphatic rings. The first-order valence-electron chi connectivity index (χ1n) is 13.1. The number of ether oxygens (including phenoxy) is 2. The van der Waals surface area contributed by atoms with Gasteiger partial charge in [-0.1, -0.05) is 19.9 Å². The van der Waals surface area contributed by atoms with Crippen LogP contribution in [-0.2, 0) is 11.8 Å². The summed E-state index contributed by atoms with van der Waals surface area (Å²) in [5.74, 6) is 0.720. The number of aryl methyl sites for hydroxylation is 2. The van der Waals surface area contributed by atoms with Crippen molar-refractivity contribution in [3.05, 3.63) is 64.8 Å². The lowest BCUT2D eigenvalue weighted by Crippen LogP contribution is -2.39. The molecule has 3 heterocycles. The molecule has 1 amide bonds. The Labute approximate surface area is 227 Å². The molecule has 0 aliphatic heterocycles. The van der Waals surface area contributed by atoms with Crippen molar-refractivity contribution < 1.29 is 19.0 Å². The van der Waals surface area contributed by atoms with Crippen molar-refractivity contribution in [2.45, 2.75) is 59.6 Å². The predicted molar refractivity (Wildman–Crippen MR) is 150 cm³/mol. The number of carbonyl (C=O) groups is 1. The zero-order chi connectivity index (χ0) is 28.5. The number of nitrogens with zero attached hydrogens (tertiary/aromatic N) is 4. The number of carbonyl (C=O) groups excluding carboxylic acids is 1. The Morgan fingerprint density at radius 2 is 1.85 bits per heavy atom. The molecule has 4 rings (SSSR count). The molecule has 1 N–H and O–H groups in total. The molecule has 0 fully saturated rings. The molecule has 0 aliphatic carbocycles. The van der Waals surface area contributed by atoms with Gasteiger partial charge in [0.05, 0.1) is 22.3 Å². The van der Waals surface area contributed by atoms with E-state index in [4.69, 9.17) is 15.0 Å². The van der Waals surface area contributed by atoms with Crippen molar-refractivity contribution in [2.75, 3.05) is 6.61 Å². The molecule has 0 saturated carbocycles. The van der Waals surface area contributed by atoms with E-state index >= 15 is 0 Å². The molecule has 1 atom stereocenters. The summed E-state index contributed by atoms with van der Waals surface area (Å²) in [6.07, 6.45) is 3.24. The van der Waals surface area contributed by atoms with Crippen LogP contribution in [0, 0.1) is 18.4 Å². The van der Waals surface area contributed by atoms with Crippen molar-refractivity contribution in [1.29, 1.82) is 5.53 Å². The van der Waals surface area contributed by atoms with Crippen molar-refractivity contribution in [2.24, 2.45) is 13.0 Å². The molecule has 1 unspecified atom stereocenters. The van der Waals surface area contributed by atoms with E-state index in [9.17, 15) is 9.59 Å². The summed E-state index contributed by atoms with van der Waals surface area (Å²) in [5.41, 5.74) is 10.5. The van der Waals surface area contributed by atoms with Crippen LogP contribution in [0.2, 0.25) is 0 Å². The smallest absolute Gasteiger partial charge is 0.486 e. The molecule has 9 nitrogen and oxygen atoms in total. The molecule has 9 heteroatoms. The number of amides is 1. The SMILES string of the molecule is Cc1nccc2c1c(=O)n(C)c1cc(OCC(CC(C)C)[N+](=N)C(=O)OC(C)(C)C)c(-c3ccccn3)cc21. The Morgan fingerprint density at radius 3 is 2.49 bits per heavy atom. The Hall–Kier alpha value is -4.14. The maximum Gasteiger partial charge on any atom is 0.623 e. The van der Waals surface area contributed by atoms with E-state index in [1.54, 1.807) is 44.8 Å². The van der Waals surface area contributed by atoms with E-state index < -0.39 is 17.7 Å². The highest BCUT2D eigenvalue weighted by Gasteiger charge is 2.35. The summed E-state index contributed by atoms with van der Waals surface area (Å²) < 4.78 is 14.3. The monoisotopic (exact) mass is 530 g/mol. The Morgan fingerprint density at radius 1 is 1.10 bits per heavy atom. The first-order chi connectivity index (χ1) is 18.4. The van der Waals surface area contributed by atoms with Gasteiger partial charge in [-0.2, -0.15) is 4.79 Å². The third kappa shape index (κ3) is 5.97. The zero-order valence-electron chi connectivity index (χ0n) is 23.6. The van der Waals surface area contributed by atoms with Crippen LogP contribution in [0.25, 0.3) is 32.9 Å². The lowest BCUT2D eigenvalue weighted by atomic mass is 10.0. The normalized spacial score (nSPS) is 12.6. The summed E-state index contributed by atoms with van der Waals surface area (Å²) in [7, 11) is 1.73. The van der Waals surface area contributed by atoms with E-state index in [2.05, 4.69) is 9.97 Å². The molecule has 0 radical (unpaired) electrons. The number of hydrogen-bond acceptors (Lipinski definition) is 7. The molecule has 0 spiro atoms. The van der Waals surface area contributed by atoms with Crippen LogP contribution >= 0.6 is 0 Å². The molecule has 0 saturated heterocycles. The molecule has 0 bridgehead atoms. The maximum atomic E-state index is 13.3. The first-order valence-corrected chi connectivity index (χ1v) is 13.1. The third-order valence-corrected chi connectivity index (χ3v) is 6.48. The maximum absolute atomic E-state index is 13.3. The van der Waals surface area contributed by atoms with Crippen LogP contribution in [-0.4, -0.2) is 43.6 Å². The van der Waals surface area contributed by atoms with E-state index in [-0.39, 0.29) is 18.1 Å². The molecule has 1 aromatic carbocycles. The highest BCUT2D eigenvalue weighted by molar-refractivity contribution is 6.08. The number of fused-ring (bicyclic) bond motifs is 3. The lowest BCUT2D eigenvalue weighted by Gasteiger charge is -2.20. The summed E-state index contributed by atoms with van der Waals surface area (Å²) >= 11 is 0. The standard InChI is InChI=1S/C30H36N5O4/c1-18(2)14-20(35(31)29(37)39-30(4,5)6)17-38-26-16-25-22(15-23(26)24-10-8-9-12-33-24)21-11-13-32-19(3)27(21)28(36)34(25)7/h8-13,15-16,18,20,31H,14,17H2,1-7H3/q+1. The van der Waals surface area contributed by atoms with Crippen LogP contribution in [0.3, 0.4) is 0 Å². The number of benzene rings is 1. The van der Waals surface area contributed by atoms with Crippen molar-refractivity contribution in [3.63, 3.8) is 0 Å². The Balaban J connectivity index is 1.83. The van der Waals surface area contributed by atoms with Crippen LogP contribution in [0.1, 0.15) is 46.7 Å². The summed E-state index contributed by atoms with van der Waals surface area (Å²) in [6.45, 7) is 11.3. The molecule has 3 aromatic heterocycles. The van der Waals surface area contributed by atoms with Gasteiger partial charge in [0.2, 0.25) is 6.04 Å². The number of pyridine rings is 3. The van der Waals surface area contributed by atoms with Crippen LogP contribution in [0.15, 0.2) is 53.6 Å². The van der Waals surface area contributed by atoms with Gasteiger partial charge in [0.25, 0.3) is 5.56 Å². The minimum absolute atomic E-state index is 0.0663. The molecular formula is C30H36N5O4+. The number of nitrogens with one attached hydrogen (secondary N) is 1. The van der Waals surface area contributed by atoms with Gasteiger partial charge in [0.15, 0.2) is 6.61 Å². The van der Waals surface area contributed by atoms with E-state index in [1.165, 1.54) is 0 Å². The van der Waals surface area contributed by atoms with E-state index in [0.717, 1.165) is 21.0 Å². The second-order valence-electron chi connectivity index (χ2n) is 11.2. The summed E-state index contributed by atoms with van der Waals surface area (Å²) in [6, 6.07) is 10.8. The highest BCUT2D eigenvalue weighted by Crippen LogP contribution is 2.36. The predicted octanol–water partition coefficient (Wildman–Crippen LogP) is 6.23. The minimum atomic E-state index is -0.724. The second-order valence-corrected chi connectivity index (χ2v) is 11.2. The number of aromatic nitrogens is 3. The average Bonchev–Trinajstić information content (AvgIpc) is 2.88. The van der Waals surface area contributed by atoms with Gasteiger partial charge in [-0.05, 0) is 73.5 Å². The second kappa shape index (κ2) is 10.9. The third-order valence-electron chi connectivity index (χ3n) is 6.48. The van der Waals surface area contributed by atoms with Crippen molar-refractivity contribution in [1.82, 2.24) is 14.5 Å². The number of hydrogen-bond donors (Lipinski definition) is 1. The lowest BCUT2D eigenvalue weighted by molar-refractivity contribution is -0.578. The van der Waals surface area contributed by atoms with Gasteiger partial charge in [0, 0.05) is 42.9 Å². The van der Waals surface area contributed by atoms with Crippen LogP contribution in [0.5, 0.6) is 5.75 Å². The average molecular weight is 531 g/mol. The number of rotatable bonds is 7. The van der Waals surface area contributed by atoms with E-state index in [1.807, 2.05) is 57.2 Å². The fraction of sp³-hybridized carbons (Fsp3) is 0.400. The van der Waals surface area contributed by atoms with Crippen LogP contribution < -0.4 is 10.3 Å². The first kappa shape index (κ1) is 27.9. The van der Waals surface area contributed by atoms with Gasteiger partial charge in [-0.15, -0.1) is 0 Å². The van der Waals surface area contributed by atoms with Crippen LogP contribution in [0.4, 0.5) is 4.79 Å². The largest absolute Gasteiger partial charge is 0.623 e. The van der Waals surface area contributed by atoms with Crippen molar-refractivity contribution in [3.8, 4) is 17.0 Å². The highest BCUT2D eigenvalue weighted by atomic mass is 16.6. The zero-order valence-corrected chi connectivity index (χ0v) is 23.6.